The van der Waals surface area contributed by atoms with E-state index in [4.69, 9.17) is 5.14 Å². The normalized spacial score (nSPS) is 11.1. The first kappa shape index (κ1) is 15.0. The Morgan fingerprint density at radius 1 is 1.29 bits per heavy atom. The second-order valence-corrected chi connectivity index (χ2v) is 5.90. The highest BCUT2D eigenvalue weighted by atomic mass is 32.2. The summed E-state index contributed by atoms with van der Waals surface area (Å²) in [7, 11) is -1.99. The fourth-order valence-corrected chi connectivity index (χ4v) is 2.15. The minimum Gasteiger partial charge on any atom is -0.334 e. The number of nitrogens with zero attached hydrogens (tertiary/aromatic N) is 2. The summed E-state index contributed by atoms with van der Waals surface area (Å²) in [5.74, 6) is 0.567. The second-order valence-electron chi connectivity index (χ2n) is 4.34. The van der Waals surface area contributed by atoms with Gasteiger partial charge in [-0.15, -0.1) is 0 Å². The van der Waals surface area contributed by atoms with E-state index in [0.29, 0.717) is 5.82 Å². The number of urea groups is 1. The van der Waals surface area contributed by atoms with Crippen molar-refractivity contribution in [3.8, 4) is 0 Å². The molecule has 1 aromatic heterocycles. The molecule has 0 aliphatic rings. The van der Waals surface area contributed by atoms with Crippen molar-refractivity contribution in [2.45, 2.75) is 11.4 Å². The summed E-state index contributed by atoms with van der Waals surface area (Å²) < 4.78 is 23.7. The molecule has 0 fully saturated rings. The molecule has 8 nitrogen and oxygen atoms in total. The molecule has 1 heterocycles. The number of sulfonamides is 1. The zero-order valence-corrected chi connectivity index (χ0v) is 12.1. The van der Waals surface area contributed by atoms with Gasteiger partial charge in [-0.25, -0.2) is 18.4 Å². The molecule has 0 bridgehead atoms. The van der Waals surface area contributed by atoms with Crippen molar-refractivity contribution >= 4 is 21.9 Å². The number of aromatic nitrogens is 2. The molecule has 0 radical (unpaired) electrons. The lowest BCUT2D eigenvalue weighted by Gasteiger charge is -2.08. The van der Waals surface area contributed by atoms with Gasteiger partial charge in [-0.2, -0.15) is 5.10 Å². The van der Waals surface area contributed by atoms with Crippen molar-refractivity contribution in [1.29, 1.82) is 0 Å². The molecule has 2 amide bonds. The van der Waals surface area contributed by atoms with Crippen molar-refractivity contribution in [2.75, 3.05) is 5.32 Å². The van der Waals surface area contributed by atoms with E-state index in [0.717, 1.165) is 5.56 Å². The first-order valence-corrected chi connectivity index (χ1v) is 7.55. The Hall–Kier alpha value is -2.39. The molecule has 2 aromatic rings. The fraction of sp³-hybridized carbons (Fsp3) is 0.167. The van der Waals surface area contributed by atoms with Gasteiger partial charge in [0.1, 0.15) is 5.82 Å². The van der Waals surface area contributed by atoms with Gasteiger partial charge in [0.25, 0.3) is 0 Å². The molecule has 1 aromatic carbocycles. The molecule has 4 N–H and O–H groups in total. The van der Waals surface area contributed by atoms with Crippen LogP contribution in [0.1, 0.15) is 5.56 Å². The summed E-state index contributed by atoms with van der Waals surface area (Å²) in [6.45, 7) is 0.259. The number of primary sulfonamides is 1. The van der Waals surface area contributed by atoms with Crippen LogP contribution in [0.15, 0.2) is 41.4 Å². The molecular formula is C12H15N5O3S. The zero-order valence-electron chi connectivity index (χ0n) is 11.3. The number of nitrogens with two attached hydrogens (primary N) is 1. The smallest absolute Gasteiger partial charge is 0.320 e. The van der Waals surface area contributed by atoms with Crippen molar-refractivity contribution in [2.24, 2.45) is 12.2 Å². The number of nitrogens with one attached hydrogen (secondary N) is 2. The lowest BCUT2D eigenvalue weighted by atomic mass is 10.2. The molecule has 0 saturated heterocycles. The van der Waals surface area contributed by atoms with E-state index in [1.165, 1.54) is 16.8 Å². The summed E-state index contributed by atoms with van der Waals surface area (Å²) in [5, 5.41) is 14.2. The third-order valence-electron chi connectivity index (χ3n) is 2.77. The van der Waals surface area contributed by atoms with Crippen LogP contribution in [0.5, 0.6) is 0 Å². The lowest BCUT2D eigenvalue weighted by Crippen LogP contribution is -2.29. The highest BCUT2D eigenvalue weighted by Crippen LogP contribution is 2.08. The maximum Gasteiger partial charge on any atom is 0.320 e. The zero-order chi connectivity index (χ0) is 15.5. The fourth-order valence-electron chi connectivity index (χ4n) is 1.64. The second kappa shape index (κ2) is 5.94. The SMILES string of the molecule is Cn1nccc1NC(=O)NCc1ccc(S(N)(=O)=O)cc1. The van der Waals surface area contributed by atoms with E-state index in [1.54, 1.807) is 31.4 Å². The largest absolute Gasteiger partial charge is 0.334 e. The molecule has 2 rings (SSSR count). The van der Waals surface area contributed by atoms with Gasteiger partial charge in [-0.1, -0.05) is 12.1 Å². The number of rotatable bonds is 4. The van der Waals surface area contributed by atoms with Gasteiger partial charge in [0.2, 0.25) is 10.0 Å². The Labute approximate surface area is 122 Å². The Balaban J connectivity index is 1.91. The van der Waals surface area contributed by atoms with Gasteiger partial charge in [0.05, 0.1) is 11.1 Å². The third kappa shape index (κ3) is 4.04. The van der Waals surface area contributed by atoms with Crippen LogP contribution in [0.3, 0.4) is 0 Å². The number of benzene rings is 1. The molecule has 0 aliphatic heterocycles. The Bertz CT molecular complexity index is 737. The first-order valence-electron chi connectivity index (χ1n) is 6.01. The van der Waals surface area contributed by atoms with E-state index >= 15 is 0 Å². The number of aryl methyl sites for hydroxylation is 1. The third-order valence-corrected chi connectivity index (χ3v) is 3.70. The number of amides is 2. The quantitative estimate of drug-likeness (QED) is 0.756. The van der Waals surface area contributed by atoms with Gasteiger partial charge >= 0.3 is 6.03 Å². The van der Waals surface area contributed by atoms with Crippen LogP contribution in [-0.2, 0) is 23.6 Å². The summed E-state index contributed by atoms with van der Waals surface area (Å²) in [5.41, 5.74) is 0.752. The molecule has 0 saturated carbocycles. The van der Waals surface area contributed by atoms with Crippen LogP contribution in [0.4, 0.5) is 10.6 Å². The van der Waals surface area contributed by atoms with E-state index in [2.05, 4.69) is 15.7 Å². The topological polar surface area (TPSA) is 119 Å². The number of anilines is 1. The number of carbonyl (C=O) groups is 1. The monoisotopic (exact) mass is 309 g/mol. The Morgan fingerprint density at radius 3 is 2.48 bits per heavy atom. The van der Waals surface area contributed by atoms with Gasteiger partial charge < -0.3 is 5.32 Å². The summed E-state index contributed by atoms with van der Waals surface area (Å²) in [6, 6.07) is 7.25. The molecule has 0 aliphatic carbocycles. The highest BCUT2D eigenvalue weighted by Gasteiger charge is 2.08. The van der Waals surface area contributed by atoms with Crippen LogP contribution in [-0.4, -0.2) is 24.2 Å². The van der Waals surface area contributed by atoms with Gasteiger partial charge in [0.15, 0.2) is 0 Å². The standard InChI is InChI=1S/C12H15N5O3S/c1-17-11(6-7-15-17)16-12(18)14-8-9-2-4-10(5-3-9)21(13,19)20/h2-7H,8H2,1H3,(H2,13,19,20)(H2,14,16,18). The molecule has 0 unspecified atom stereocenters. The minimum atomic E-state index is -3.70. The van der Waals surface area contributed by atoms with Crippen LogP contribution >= 0.6 is 0 Å². The molecule has 21 heavy (non-hydrogen) atoms. The van der Waals surface area contributed by atoms with Crippen LogP contribution in [0, 0.1) is 0 Å². The Kier molecular flexibility index (Phi) is 4.24. The van der Waals surface area contributed by atoms with Gasteiger partial charge in [-0.05, 0) is 17.7 Å². The van der Waals surface area contributed by atoms with E-state index in [1.807, 2.05) is 0 Å². The molecule has 9 heteroatoms. The van der Waals surface area contributed by atoms with Crippen molar-refractivity contribution in [3.63, 3.8) is 0 Å². The number of carbonyl (C=O) groups excluding carboxylic acids is 1. The van der Waals surface area contributed by atoms with E-state index in [-0.39, 0.29) is 17.5 Å². The molecule has 0 spiro atoms. The van der Waals surface area contributed by atoms with Crippen LogP contribution < -0.4 is 15.8 Å². The van der Waals surface area contributed by atoms with Gasteiger partial charge in [-0.3, -0.25) is 10.00 Å². The number of hydrogen-bond acceptors (Lipinski definition) is 4. The van der Waals surface area contributed by atoms with E-state index < -0.39 is 10.0 Å². The van der Waals surface area contributed by atoms with Crippen LogP contribution in [0.25, 0.3) is 0 Å². The number of hydrogen-bond donors (Lipinski definition) is 3. The summed E-state index contributed by atoms with van der Waals surface area (Å²) in [4.78, 5) is 11.7. The first-order chi connectivity index (χ1) is 9.86. The van der Waals surface area contributed by atoms with Crippen LogP contribution in [0.2, 0.25) is 0 Å². The predicted octanol–water partition coefficient (Wildman–Crippen LogP) is 0.389. The lowest BCUT2D eigenvalue weighted by molar-refractivity contribution is 0.251. The maximum atomic E-state index is 11.7. The highest BCUT2D eigenvalue weighted by molar-refractivity contribution is 7.89. The van der Waals surface area contributed by atoms with Crippen molar-refractivity contribution in [3.05, 3.63) is 42.1 Å². The Morgan fingerprint density at radius 2 is 1.95 bits per heavy atom. The maximum absolute atomic E-state index is 11.7. The van der Waals surface area contributed by atoms with E-state index in [9.17, 15) is 13.2 Å². The summed E-state index contributed by atoms with van der Waals surface area (Å²) in [6.07, 6.45) is 1.57. The predicted molar refractivity (Wildman–Crippen MR) is 76.9 cm³/mol. The van der Waals surface area contributed by atoms with Crippen molar-refractivity contribution < 1.29 is 13.2 Å². The molecular weight excluding hydrogens is 294 g/mol. The average molecular weight is 309 g/mol. The van der Waals surface area contributed by atoms with Crippen molar-refractivity contribution in [1.82, 2.24) is 15.1 Å². The van der Waals surface area contributed by atoms with Gasteiger partial charge in [0, 0.05) is 19.7 Å². The minimum absolute atomic E-state index is 0.0330. The molecule has 0 atom stereocenters. The summed E-state index contributed by atoms with van der Waals surface area (Å²) >= 11 is 0. The molecule has 112 valence electrons. The average Bonchev–Trinajstić information content (AvgIpc) is 2.81.